The minimum atomic E-state index is -1.48. The second-order valence-corrected chi connectivity index (χ2v) is 17.0. The molecule has 14 nitrogen and oxygen atoms in total. The highest BCUT2D eigenvalue weighted by atomic mass is 32.1. The molecule has 0 spiro atoms. The molecule has 4 aromatic rings. The summed E-state index contributed by atoms with van der Waals surface area (Å²) in [6.07, 6.45) is 5.80. The third kappa shape index (κ3) is 9.31. The molecule has 2 aromatic heterocycles. The molecule has 2 fully saturated rings. The number of hydrogen-bond acceptors (Lipinski definition) is 10. The summed E-state index contributed by atoms with van der Waals surface area (Å²) in [5.41, 5.74) is 0.451. The first-order valence-corrected chi connectivity index (χ1v) is 20.5. The van der Waals surface area contributed by atoms with Crippen LogP contribution in [0.25, 0.3) is 21.6 Å². The van der Waals surface area contributed by atoms with Gasteiger partial charge in [0.2, 0.25) is 17.7 Å². The average Bonchev–Trinajstić information content (AvgIpc) is 3.48. The molecule has 3 unspecified atom stereocenters. The van der Waals surface area contributed by atoms with Crippen LogP contribution in [0.3, 0.4) is 0 Å². The van der Waals surface area contributed by atoms with Gasteiger partial charge in [0.25, 0.3) is 5.91 Å². The van der Waals surface area contributed by atoms with Crippen molar-refractivity contribution in [1.29, 1.82) is 0 Å². The zero-order chi connectivity index (χ0) is 41.0. The van der Waals surface area contributed by atoms with Crippen molar-refractivity contribution in [2.75, 3.05) is 6.54 Å². The van der Waals surface area contributed by atoms with Gasteiger partial charge in [-0.15, -0.1) is 11.3 Å². The first kappa shape index (κ1) is 40.4. The highest BCUT2D eigenvalue weighted by Crippen LogP contribution is 2.45. The number of thiophene rings is 1. The normalized spacial score (nSPS) is 24.3. The van der Waals surface area contributed by atoms with Gasteiger partial charge in [0.15, 0.2) is 0 Å². The van der Waals surface area contributed by atoms with Crippen molar-refractivity contribution >= 4 is 52.2 Å². The number of carboxylic acid groups (broad SMARTS) is 1. The van der Waals surface area contributed by atoms with Crippen LogP contribution in [-0.4, -0.2) is 85.6 Å². The third-order valence-corrected chi connectivity index (χ3v) is 11.4. The van der Waals surface area contributed by atoms with Gasteiger partial charge < -0.3 is 35.4 Å². The van der Waals surface area contributed by atoms with Crippen LogP contribution < -0.4 is 20.7 Å². The average molecular weight is 809 g/mol. The maximum Gasteiger partial charge on any atom is 0.408 e. The molecule has 0 bridgehead atoms. The highest BCUT2D eigenvalue weighted by Gasteiger charge is 2.61. The van der Waals surface area contributed by atoms with Crippen LogP contribution in [-0.2, 0) is 25.7 Å². The Morgan fingerprint density at radius 2 is 1.83 bits per heavy atom. The Balaban J connectivity index is 1.18. The Labute approximate surface area is 340 Å². The van der Waals surface area contributed by atoms with Crippen LogP contribution in [0.4, 0.5) is 4.79 Å². The van der Waals surface area contributed by atoms with E-state index in [4.69, 9.17) is 19.4 Å². The van der Waals surface area contributed by atoms with Crippen LogP contribution in [0, 0.1) is 5.92 Å². The minimum absolute atomic E-state index is 0.0249. The monoisotopic (exact) mass is 808 g/mol. The number of benzene rings is 2. The van der Waals surface area contributed by atoms with Gasteiger partial charge in [0, 0.05) is 24.4 Å². The van der Waals surface area contributed by atoms with Gasteiger partial charge in [-0.25, -0.2) is 19.6 Å². The van der Waals surface area contributed by atoms with Crippen LogP contribution in [0.2, 0.25) is 0 Å². The number of aliphatic carboxylic acids is 1. The summed E-state index contributed by atoms with van der Waals surface area (Å²) in [6.45, 7) is 5.51. The summed E-state index contributed by atoms with van der Waals surface area (Å²) in [7, 11) is 0. The fourth-order valence-electron chi connectivity index (χ4n) is 7.47. The zero-order valence-corrected chi connectivity index (χ0v) is 33.6. The molecule has 58 heavy (non-hydrogen) atoms. The Morgan fingerprint density at radius 3 is 2.57 bits per heavy atom. The van der Waals surface area contributed by atoms with Crippen molar-refractivity contribution in [2.45, 2.75) is 102 Å². The predicted molar refractivity (Wildman–Crippen MR) is 217 cm³/mol. The molecule has 7 rings (SSSR count). The van der Waals surface area contributed by atoms with E-state index in [0.717, 1.165) is 29.7 Å². The molecule has 2 aliphatic heterocycles. The number of carboxylic acids is 1. The molecule has 1 saturated carbocycles. The first-order chi connectivity index (χ1) is 27.8. The Bertz CT molecular complexity index is 2210. The number of nitrogens with one attached hydrogen (secondary N) is 3. The maximum atomic E-state index is 14.5. The van der Waals surface area contributed by atoms with Crippen LogP contribution >= 0.6 is 11.3 Å². The van der Waals surface area contributed by atoms with E-state index < -0.39 is 53.2 Å². The lowest BCUT2D eigenvalue weighted by molar-refractivity contribution is -0.145. The predicted octanol–water partition coefficient (Wildman–Crippen LogP) is 6.01. The number of alkyl carbamates (subject to hydrolysis) is 1. The number of fused-ring (bicyclic) bond motifs is 3. The van der Waals surface area contributed by atoms with Crippen molar-refractivity contribution in [1.82, 2.24) is 30.8 Å². The summed E-state index contributed by atoms with van der Waals surface area (Å²) in [4.78, 5) is 79.2. The van der Waals surface area contributed by atoms with Crippen molar-refractivity contribution in [2.24, 2.45) is 5.92 Å². The molecule has 3 aliphatic rings. The van der Waals surface area contributed by atoms with Gasteiger partial charge in [-0.2, -0.15) is 0 Å². The number of ether oxygens (including phenoxy) is 2. The smallest absolute Gasteiger partial charge is 0.408 e. The summed E-state index contributed by atoms with van der Waals surface area (Å²) < 4.78 is 12.1. The number of carbonyl (C=O) groups excluding carboxylic acids is 4. The topological polar surface area (TPSA) is 189 Å². The van der Waals surface area contributed by atoms with Crippen molar-refractivity contribution in [3.05, 3.63) is 89.3 Å². The lowest BCUT2D eigenvalue weighted by Crippen LogP contribution is -2.56. The van der Waals surface area contributed by atoms with Gasteiger partial charge in [-0.05, 0) is 81.7 Å². The van der Waals surface area contributed by atoms with Gasteiger partial charge in [-0.1, -0.05) is 61.4 Å². The largest absolute Gasteiger partial charge is 0.479 e. The summed E-state index contributed by atoms with van der Waals surface area (Å²) in [6, 6.07) is 16.3. The Morgan fingerprint density at radius 1 is 1.02 bits per heavy atom. The third-order valence-electron chi connectivity index (χ3n) is 10.5. The lowest BCUT2D eigenvalue weighted by Gasteiger charge is -2.30. The molecule has 1 aliphatic carbocycles. The molecule has 2 aromatic carbocycles. The number of rotatable bonds is 8. The van der Waals surface area contributed by atoms with Crippen molar-refractivity contribution in [3.8, 4) is 16.5 Å². The first-order valence-electron chi connectivity index (χ1n) is 19.7. The summed E-state index contributed by atoms with van der Waals surface area (Å²) in [5.74, 6) is -2.73. The molecular formula is C43H48N6O8S. The second kappa shape index (κ2) is 16.9. The molecule has 4 N–H and O–H groups in total. The standard InChI is InChI=1S/C43H48N6O8S/c1-42(2,3)57-41(55)47-31-16-11-6-4-5-10-15-28-23-43(28,40(53)54)48-37(51)33-22-29(25-49(33)39(31)52)56-38-35(34-17-12-20-58-34)45-32-21-27(18-19-30(32)46-38)36(50)44-24-26-13-8-7-9-14-26/h7-10,12-15,17-21,28-29,31,33H,4-6,11,16,22-25H2,1-3H3,(H,44,50)(H,47,55)(H,48,51)(H,53,54)/b15-10-/t28?,29-,31+,33?,43?/m1/s1. The fourth-order valence-corrected chi connectivity index (χ4v) is 8.18. The molecular weight excluding hydrogens is 761 g/mol. The van der Waals surface area contributed by atoms with Crippen molar-refractivity contribution < 1.29 is 38.6 Å². The highest BCUT2D eigenvalue weighted by molar-refractivity contribution is 7.13. The molecule has 15 heteroatoms. The summed E-state index contributed by atoms with van der Waals surface area (Å²) in [5, 5.41) is 20.6. The number of hydrogen-bond donors (Lipinski definition) is 4. The van der Waals surface area contributed by atoms with E-state index in [1.165, 1.54) is 16.2 Å². The summed E-state index contributed by atoms with van der Waals surface area (Å²) >= 11 is 1.43. The van der Waals surface area contributed by atoms with E-state index in [1.54, 1.807) is 39.0 Å². The number of nitrogens with zero attached hydrogens (tertiary/aromatic N) is 3. The van der Waals surface area contributed by atoms with Crippen LogP contribution in [0.5, 0.6) is 5.88 Å². The van der Waals surface area contributed by atoms with Gasteiger partial charge in [0.1, 0.15) is 35.0 Å². The van der Waals surface area contributed by atoms with Gasteiger partial charge >= 0.3 is 12.1 Å². The van der Waals surface area contributed by atoms with E-state index >= 15 is 0 Å². The molecule has 4 heterocycles. The quantitative estimate of drug-likeness (QED) is 0.154. The zero-order valence-electron chi connectivity index (χ0n) is 32.7. The van der Waals surface area contributed by atoms with E-state index in [2.05, 4.69) is 16.0 Å². The SMILES string of the molecule is CC(C)(C)OC(=O)N[C@H]1CCCCC/C=C\C2CC2(C(=O)O)NC(=O)C2C[C@@H](Oc3nc4ccc(C(=O)NCc5ccccc5)cc4nc3-c3cccs3)CN2C1=O. The Kier molecular flexibility index (Phi) is 11.8. The Hall–Kier alpha value is -5.83. The molecule has 304 valence electrons. The van der Waals surface area contributed by atoms with Crippen LogP contribution in [0.15, 0.2) is 78.2 Å². The molecule has 4 amide bonds. The number of allylic oxidation sites excluding steroid dienone is 1. The van der Waals surface area contributed by atoms with E-state index in [1.807, 2.05) is 60.0 Å². The maximum absolute atomic E-state index is 14.5. The van der Waals surface area contributed by atoms with Gasteiger partial charge in [0.05, 0.1) is 22.5 Å². The molecule has 0 radical (unpaired) electrons. The van der Waals surface area contributed by atoms with E-state index in [0.29, 0.717) is 41.7 Å². The fraction of sp³-hybridized carbons (Fsp3) is 0.419. The van der Waals surface area contributed by atoms with E-state index in [-0.39, 0.29) is 37.1 Å². The molecule has 1 saturated heterocycles. The number of carbonyl (C=O) groups is 5. The van der Waals surface area contributed by atoms with Crippen LogP contribution in [0.1, 0.15) is 81.6 Å². The molecule has 5 atom stereocenters. The van der Waals surface area contributed by atoms with Gasteiger partial charge in [-0.3, -0.25) is 14.4 Å². The number of amides is 4. The minimum Gasteiger partial charge on any atom is -0.479 e. The van der Waals surface area contributed by atoms with Crippen molar-refractivity contribution in [3.63, 3.8) is 0 Å². The second-order valence-electron chi connectivity index (χ2n) is 16.0. The lowest BCUT2D eigenvalue weighted by atomic mass is 10.0. The van der Waals surface area contributed by atoms with E-state index in [9.17, 15) is 29.1 Å². The number of aromatic nitrogens is 2.